The summed E-state index contributed by atoms with van der Waals surface area (Å²) in [5.41, 5.74) is 1.57. The van der Waals surface area contributed by atoms with E-state index in [0.717, 1.165) is 16.3 Å². The van der Waals surface area contributed by atoms with Crippen LogP contribution >= 0.6 is 0 Å². The van der Waals surface area contributed by atoms with Crippen molar-refractivity contribution in [2.24, 2.45) is 0 Å². The van der Waals surface area contributed by atoms with E-state index in [2.05, 4.69) is 15.3 Å². The molecule has 1 amide bonds. The molecule has 2 aromatic rings. The summed E-state index contributed by atoms with van der Waals surface area (Å²) in [5.74, 6) is -2.99. The van der Waals surface area contributed by atoms with Gasteiger partial charge < -0.3 is 9.32 Å². The molecule has 1 saturated heterocycles. The quantitative estimate of drug-likeness (QED) is 0.852. The van der Waals surface area contributed by atoms with Gasteiger partial charge in [-0.15, -0.1) is 10.2 Å². The summed E-state index contributed by atoms with van der Waals surface area (Å²) in [4.78, 5) is 13.7. The van der Waals surface area contributed by atoms with E-state index in [-0.39, 0.29) is 12.4 Å². The van der Waals surface area contributed by atoms with Crippen LogP contribution in [0, 0.1) is 13.8 Å². The standard InChI is InChI=1S/C15H19F2N5O2/c1-4-12-18-19-14(24-12)11-6-15(16,17)8-21(11)13(23)7-22-10(3)5-9(2)20-22/h5,11H,4,6-8H2,1-3H3/t11-/m0/s1. The van der Waals surface area contributed by atoms with Gasteiger partial charge in [0, 0.05) is 18.5 Å². The molecule has 0 saturated carbocycles. The lowest BCUT2D eigenvalue weighted by atomic mass is 10.2. The summed E-state index contributed by atoms with van der Waals surface area (Å²) in [5, 5.41) is 11.8. The highest BCUT2D eigenvalue weighted by molar-refractivity contribution is 5.77. The molecule has 3 heterocycles. The first kappa shape index (κ1) is 16.5. The Balaban J connectivity index is 1.83. The van der Waals surface area contributed by atoms with E-state index in [1.54, 1.807) is 0 Å². The molecule has 0 aliphatic carbocycles. The molecule has 0 spiro atoms. The van der Waals surface area contributed by atoms with Gasteiger partial charge in [0.25, 0.3) is 5.92 Å². The normalized spacial score (nSPS) is 19.9. The second-order valence-electron chi connectivity index (χ2n) is 6.07. The average Bonchev–Trinajstić information content (AvgIpc) is 3.17. The van der Waals surface area contributed by atoms with Gasteiger partial charge in [-0.1, -0.05) is 6.92 Å². The fourth-order valence-corrected chi connectivity index (χ4v) is 2.90. The van der Waals surface area contributed by atoms with E-state index in [4.69, 9.17) is 4.42 Å². The first-order valence-corrected chi connectivity index (χ1v) is 7.79. The molecule has 1 atom stereocenters. The summed E-state index contributed by atoms with van der Waals surface area (Å²) in [6.45, 7) is 4.70. The number of amides is 1. The van der Waals surface area contributed by atoms with Crippen molar-refractivity contribution in [3.63, 3.8) is 0 Å². The lowest BCUT2D eigenvalue weighted by molar-refractivity contribution is -0.134. The van der Waals surface area contributed by atoms with Gasteiger partial charge >= 0.3 is 0 Å². The molecule has 2 aromatic heterocycles. The molecule has 1 aliphatic heterocycles. The van der Waals surface area contributed by atoms with Gasteiger partial charge in [0.2, 0.25) is 17.7 Å². The third-order valence-corrected chi connectivity index (χ3v) is 4.05. The number of rotatable bonds is 4. The summed E-state index contributed by atoms with van der Waals surface area (Å²) < 4.78 is 34.7. The van der Waals surface area contributed by atoms with Crippen molar-refractivity contribution in [3.05, 3.63) is 29.2 Å². The van der Waals surface area contributed by atoms with Gasteiger partial charge in [0.05, 0.1) is 12.2 Å². The zero-order valence-electron chi connectivity index (χ0n) is 13.8. The van der Waals surface area contributed by atoms with Crippen LogP contribution in [0.1, 0.15) is 42.6 Å². The number of halogens is 2. The van der Waals surface area contributed by atoms with Crippen LogP contribution in [-0.4, -0.2) is 43.3 Å². The molecule has 24 heavy (non-hydrogen) atoms. The van der Waals surface area contributed by atoms with Crippen LogP contribution in [0.5, 0.6) is 0 Å². The molecule has 0 radical (unpaired) electrons. The number of carbonyl (C=O) groups is 1. The number of carbonyl (C=O) groups excluding carboxylic acids is 1. The molecule has 9 heteroatoms. The van der Waals surface area contributed by atoms with Crippen LogP contribution in [0.15, 0.2) is 10.5 Å². The van der Waals surface area contributed by atoms with Crippen molar-refractivity contribution >= 4 is 5.91 Å². The maximum Gasteiger partial charge on any atom is 0.267 e. The number of aryl methyl sites for hydroxylation is 3. The van der Waals surface area contributed by atoms with Crippen molar-refractivity contribution in [1.82, 2.24) is 24.9 Å². The molecule has 1 fully saturated rings. The van der Waals surface area contributed by atoms with Crippen LogP contribution in [0.2, 0.25) is 0 Å². The second-order valence-corrected chi connectivity index (χ2v) is 6.07. The number of alkyl halides is 2. The lowest BCUT2D eigenvalue weighted by Crippen LogP contribution is -2.36. The maximum atomic E-state index is 13.9. The van der Waals surface area contributed by atoms with Crippen LogP contribution in [0.3, 0.4) is 0 Å². The van der Waals surface area contributed by atoms with Crippen LogP contribution in [-0.2, 0) is 17.8 Å². The first-order valence-electron chi connectivity index (χ1n) is 7.79. The van der Waals surface area contributed by atoms with Crippen LogP contribution in [0.25, 0.3) is 0 Å². The Morgan fingerprint density at radius 3 is 2.75 bits per heavy atom. The summed E-state index contributed by atoms with van der Waals surface area (Å²) in [6, 6.07) is 0.923. The van der Waals surface area contributed by atoms with Crippen LogP contribution < -0.4 is 0 Å². The minimum Gasteiger partial charge on any atom is -0.423 e. The Morgan fingerprint density at radius 2 is 2.17 bits per heavy atom. The third kappa shape index (κ3) is 3.15. The fourth-order valence-electron chi connectivity index (χ4n) is 2.90. The smallest absolute Gasteiger partial charge is 0.267 e. The Kier molecular flexibility index (Phi) is 4.10. The van der Waals surface area contributed by atoms with Gasteiger partial charge in [-0.2, -0.15) is 5.10 Å². The molecule has 0 unspecified atom stereocenters. The van der Waals surface area contributed by atoms with Crippen molar-refractivity contribution < 1.29 is 18.0 Å². The highest BCUT2D eigenvalue weighted by Gasteiger charge is 2.49. The Labute approximate surface area is 137 Å². The Morgan fingerprint density at radius 1 is 1.42 bits per heavy atom. The minimum absolute atomic E-state index is 0.0609. The van der Waals surface area contributed by atoms with Gasteiger partial charge in [-0.3, -0.25) is 9.48 Å². The van der Waals surface area contributed by atoms with Crippen LogP contribution in [0.4, 0.5) is 8.78 Å². The van der Waals surface area contributed by atoms with Crippen molar-refractivity contribution in [2.75, 3.05) is 6.54 Å². The molecule has 1 aliphatic rings. The SMILES string of the molecule is CCc1nnc([C@@H]2CC(F)(F)CN2C(=O)Cn2nc(C)cc2C)o1. The minimum atomic E-state index is -2.98. The highest BCUT2D eigenvalue weighted by atomic mass is 19.3. The fraction of sp³-hybridized carbons (Fsp3) is 0.600. The molecule has 130 valence electrons. The summed E-state index contributed by atoms with van der Waals surface area (Å²) in [6.07, 6.45) is -0.00295. The van der Waals surface area contributed by atoms with Gasteiger partial charge in [0.15, 0.2) is 0 Å². The van der Waals surface area contributed by atoms with E-state index in [9.17, 15) is 13.6 Å². The molecule has 0 aromatic carbocycles. The molecule has 7 nitrogen and oxygen atoms in total. The summed E-state index contributed by atoms with van der Waals surface area (Å²) >= 11 is 0. The second kappa shape index (κ2) is 5.95. The van der Waals surface area contributed by atoms with E-state index in [0.29, 0.717) is 12.3 Å². The largest absolute Gasteiger partial charge is 0.423 e. The maximum absolute atomic E-state index is 13.9. The first-order chi connectivity index (χ1) is 11.3. The Bertz CT molecular complexity index is 755. The topological polar surface area (TPSA) is 77.1 Å². The number of hydrogen-bond acceptors (Lipinski definition) is 5. The van der Waals surface area contributed by atoms with E-state index < -0.39 is 30.8 Å². The number of likely N-dealkylation sites (tertiary alicyclic amines) is 1. The Hall–Kier alpha value is -2.32. The monoisotopic (exact) mass is 339 g/mol. The number of aromatic nitrogens is 4. The van der Waals surface area contributed by atoms with Gasteiger partial charge in [0.1, 0.15) is 12.6 Å². The molecule has 3 rings (SSSR count). The summed E-state index contributed by atoms with van der Waals surface area (Å²) in [7, 11) is 0. The molecular formula is C15H19F2N5O2. The predicted octanol–water partition coefficient (Wildman–Crippen LogP) is 2.05. The number of hydrogen-bond donors (Lipinski definition) is 0. The number of nitrogens with zero attached hydrogens (tertiary/aromatic N) is 5. The van der Waals surface area contributed by atoms with E-state index in [1.807, 2.05) is 26.8 Å². The van der Waals surface area contributed by atoms with Crippen molar-refractivity contribution in [1.29, 1.82) is 0 Å². The van der Waals surface area contributed by atoms with Crippen molar-refractivity contribution in [2.45, 2.75) is 52.1 Å². The molecule has 0 N–H and O–H groups in total. The average molecular weight is 339 g/mol. The molecular weight excluding hydrogens is 320 g/mol. The third-order valence-electron chi connectivity index (χ3n) is 4.05. The van der Waals surface area contributed by atoms with E-state index in [1.165, 1.54) is 4.68 Å². The zero-order chi connectivity index (χ0) is 17.5. The predicted molar refractivity (Wildman–Crippen MR) is 79.4 cm³/mol. The van der Waals surface area contributed by atoms with Gasteiger partial charge in [-0.25, -0.2) is 8.78 Å². The van der Waals surface area contributed by atoms with E-state index >= 15 is 0 Å². The lowest BCUT2D eigenvalue weighted by Gasteiger charge is -2.21. The highest BCUT2D eigenvalue weighted by Crippen LogP contribution is 2.40. The molecule has 0 bridgehead atoms. The van der Waals surface area contributed by atoms with Crippen molar-refractivity contribution in [3.8, 4) is 0 Å². The van der Waals surface area contributed by atoms with Gasteiger partial charge in [-0.05, 0) is 19.9 Å². The zero-order valence-corrected chi connectivity index (χ0v) is 13.8.